The molecule has 0 aliphatic carbocycles. The molecule has 1 aliphatic heterocycles. The highest BCUT2D eigenvalue weighted by Gasteiger charge is 2.29. The fraction of sp³-hybridized carbons (Fsp3) is 0.647. The first-order valence-electron chi connectivity index (χ1n) is 7.96. The number of hydrogen-bond acceptors (Lipinski definition) is 3. The summed E-state index contributed by atoms with van der Waals surface area (Å²) < 4.78 is 0. The zero-order valence-electron chi connectivity index (χ0n) is 12.8. The number of nitrogens with zero attached hydrogens (tertiary/aromatic N) is 1. The predicted molar refractivity (Wildman–Crippen MR) is 84.0 cm³/mol. The van der Waals surface area contributed by atoms with E-state index in [1.165, 1.54) is 25.7 Å². The molecule has 1 aromatic rings. The maximum atomic E-state index is 10.2. The summed E-state index contributed by atoms with van der Waals surface area (Å²) in [5, 5.41) is 13.4. The van der Waals surface area contributed by atoms with E-state index in [1.807, 2.05) is 25.2 Å². The average molecular weight is 276 g/mol. The van der Waals surface area contributed by atoms with Crippen LogP contribution in [0.25, 0.3) is 0 Å². The molecule has 20 heavy (non-hydrogen) atoms. The number of rotatable bonds is 6. The third-order valence-electron chi connectivity index (χ3n) is 4.48. The Morgan fingerprint density at radius 3 is 2.85 bits per heavy atom. The van der Waals surface area contributed by atoms with Gasteiger partial charge in [0.25, 0.3) is 0 Å². The molecular weight excluding hydrogens is 248 g/mol. The van der Waals surface area contributed by atoms with E-state index in [2.05, 4.69) is 23.2 Å². The predicted octanol–water partition coefficient (Wildman–Crippen LogP) is 3.31. The molecule has 0 aromatic heterocycles. The lowest BCUT2D eigenvalue weighted by Gasteiger charge is -2.41. The quantitative estimate of drug-likeness (QED) is 0.837. The molecule has 1 heterocycles. The Morgan fingerprint density at radius 1 is 1.35 bits per heavy atom. The first kappa shape index (κ1) is 15.3. The monoisotopic (exact) mass is 276 g/mol. The van der Waals surface area contributed by atoms with Gasteiger partial charge in [0, 0.05) is 17.6 Å². The van der Waals surface area contributed by atoms with Crippen LogP contribution in [0.4, 0.5) is 0 Å². The van der Waals surface area contributed by atoms with E-state index in [0.717, 1.165) is 25.1 Å². The van der Waals surface area contributed by atoms with Crippen LogP contribution in [0.2, 0.25) is 0 Å². The van der Waals surface area contributed by atoms with Gasteiger partial charge in [-0.3, -0.25) is 4.90 Å². The summed E-state index contributed by atoms with van der Waals surface area (Å²) in [6.07, 6.45) is 6.14. The Bertz CT molecular complexity index is 408. The Hall–Kier alpha value is -1.06. The molecule has 1 fully saturated rings. The first-order valence-corrected chi connectivity index (χ1v) is 7.96. The van der Waals surface area contributed by atoms with Gasteiger partial charge in [-0.25, -0.2) is 0 Å². The molecular formula is C17H28N2O. The summed E-state index contributed by atoms with van der Waals surface area (Å²) >= 11 is 0. The minimum absolute atomic E-state index is 0.346. The second-order valence-electron chi connectivity index (χ2n) is 5.76. The van der Waals surface area contributed by atoms with Crippen molar-refractivity contribution in [3.63, 3.8) is 0 Å². The van der Waals surface area contributed by atoms with Crippen molar-refractivity contribution in [2.24, 2.45) is 0 Å². The highest BCUT2D eigenvalue weighted by atomic mass is 16.3. The molecule has 2 rings (SSSR count). The van der Waals surface area contributed by atoms with Gasteiger partial charge in [-0.15, -0.1) is 0 Å². The minimum atomic E-state index is 0.346. The molecule has 2 unspecified atom stereocenters. The normalized spacial score (nSPS) is 21.8. The lowest BCUT2D eigenvalue weighted by Crippen LogP contribution is -2.43. The van der Waals surface area contributed by atoms with Gasteiger partial charge in [0.1, 0.15) is 5.75 Å². The summed E-state index contributed by atoms with van der Waals surface area (Å²) in [6.45, 7) is 4.44. The number of benzene rings is 1. The van der Waals surface area contributed by atoms with Crippen LogP contribution in [0, 0.1) is 0 Å². The fourth-order valence-corrected chi connectivity index (χ4v) is 3.46. The summed E-state index contributed by atoms with van der Waals surface area (Å²) in [7, 11) is 2.02. The number of phenols is 1. The molecule has 3 heteroatoms. The van der Waals surface area contributed by atoms with Crippen molar-refractivity contribution in [1.82, 2.24) is 10.2 Å². The van der Waals surface area contributed by atoms with E-state index in [1.54, 1.807) is 0 Å². The largest absolute Gasteiger partial charge is 0.508 e. The van der Waals surface area contributed by atoms with Gasteiger partial charge >= 0.3 is 0 Å². The molecule has 3 nitrogen and oxygen atoms in total. The van der Waals surface area contributed by atoms with Gasteiger partial charge in [0.2, 0.25) is 0 Å². The lowest BCUT2D eigenvalue weighted by molar-refractivity contribution is 0.0847. The Kier molecular flexibility index (Phi) is 5.86. The molecule has 2 atom stereocenters. The van der Waals surface area contributed by atoms with Crippen molar-refractivity contribution >= 4 is 0 Å². The smallest absolute Gasteiger partial charge is 0.120 e. The van der Waals surface area contributed by atoms with Crippen molar-refractivity contribution in [3.8, 4) is 5.75 Å². The van der Waals surface area contributed by atoms with Gasteiger partial charge in [0.15, 0.2) is 0 Å². The molecule has 0 spiro atoms. The van der Waals surface area contributed by atoms with Gasteiger partial charge in [-0.2, -0.15) is 0 Å². The van der Waals surface area contributed by atoms with Crippen LogP contribution in [-0.2, 0) is 0 Å². The summed E-state index contributed by atoms with van der Waals surface area (Å²) in [4.78, 5) is 2.62. The summed E-state index contributed by atoms with van der Waals surface area (Å²) in [5.74, 6) is 0.442. The molecule has 0 amide bonds. The number of phenolic OH excluding ortho intramolecular Hbond substituents is 1. The number of nitrogens with one attached hydrogen (secondary N) is 1. The number of para-hydroxylation sites is 1. The third kappa shape index (κ3) is 3.53. The highest BCUT2D eigenvalue weighted by molar-refractivity contribution is 5.34. The average Bonchev–Trinajstić information content (AvgIpc) is 2.49. The molecule has 0 saturated carbocycles. The number of piperidine rings is 1. The van der Waals surface area contributed by atoms with Crippen molar-refractivity contribution in [1.29, 1.82) is 0 Å². The topological polar surface area (TPSA) is 35.5 Å². The second-order valence-corrected chi connectivity index (χ2v) is 5.76. The summed E-state index contributed by atoms with van der Waals surface area (Å²) in [6, 6.07) is 8.81. The van der Waals surface area contributed by atoms with E-state index in [4.69, 9.17) is 0 Å². The Labute approximate surface area is 123 Å². The maximum absolute atomic E-state index is 10.2. The van der Waals surface area contributed by atoms with E-state index in [9.17, 15) is 5.11 Å². The van der Waals surface area contributed by atoms with Crippen LogP contribution < -0.4 is 5.32 Å². The fourth-order valence-electron chi connectivity index (χ4n) is 3.46. The van der Waals surface area contributed by atoms with E-state index < -0.39 is 0 Å². The van der Waals surface area contributed by atoms with E-state index >= 15 is 0 Å². The molecule has 1 aromatic carbocycles. The van der Waals surface area contributed by atoms with Crippen molar-refractivity contribution in [3.05, 3.63) is 29.8 Å². The lowest BCUT2D eigenvalue weighted by atomic mass is 9.93. The van der Waals surface area contributed by atoms with Gasteiger partial charge in [0.05, 0.1) is 0 Å². The van der Waals surface area contributed by atoms with Gasteiger partial charge < -0.3 is 10.4 Å². The molecule has 0 bridgehead atoms. The van der Waals surface area contributed by atoms with Crippen molar-refractivity contribution in [2.75, 3.05) is 20.1 Å². The molecule has 1 aliphatic rings. The SMILES string of the molecule is CCC(c1ccccc1O)N1CCCCC1CCNC. The maximum Gasteiger partial charge on any atom is 0.120 e. The molecule has 1 saturated heterocycles. The number of hydrogen-bond donors (Lipinski definition) is 2. The van der Waals surface area contributed by atoms with Crippen molar-refractivity contribution < 1.29 is 5.11 Å². The summed E-state index contributed by atoms with van der Waals surface area (Å²) in [5.41, 5.74) is 1.09. The van der Waals surface area contributed by atoms with Gasteiger partial charge in [-0.1, -0.05) is 31.5 Å². The first-order chi connectivity index (χ1) is 9.77. The van der Waals surface area contributed by atoms with Crippen LogP contribution >= 0.6 is 0 Å². The van der Waals surface area contributed by atoms with Crippen LogP contribution in [0.1, 0.15) is 50.6 Å². The van der Waals surface area contributed by atoms with Crippen LogP contribution in [0.15, 0.2) is 24.3 Å². The van der Waals surface area contributed by atoms with Crippen molar-refractivity contribution in [2.45, 2.75) is 51.1 Å². The van der Waals surface area contributed by atoms with Crippen LogP contribution in [0.3, 0.4) is 0 Å². The standard InChI is InChI=1S/C17H28N2O/c1-3-16(15-9-4-5-10-17(15)20)19-13-7-6-8-14(19)11-12-18-2/h4-5,9-10,14,16,18,20H,3,6-8,11-13H2,1-2H3. The second kappa shape index (κ2) is 7.65. The molecule has 0 radical (unpaired) electrons. The molecule has 2 N–H and O–H groups in total. The van der Waals surface area contributed by atoms with E-state index in [-0.39, 0.29) is 0 Å². The highest BCUT2D eigenvalue weighted by Crippen LogP contribution is 2.35. The number of likely N-dealkylation sites (tertiary alicyclic amines) is 1. The van der Waals surface area contributed by atoms with Gasteiger partial charge in [-0.05, 0) is 51.9 Å². The third-order valence-corrected chi connectivity index (χ3v) is 4.48. The zero-order valence-corrected chi connectivity index (χ0v) is 12.8. The Balaban J connectivity index is 2.17. The molecule has 112 valence electrons. The Morgan fingerprint density at radius 2 is 2.15 bits per heavy atom. The van der Waals surface area contributed by atoms with Crippen LogP contribution in [0.5, 0.6) is 5.75 Å². The van der Waals surface area contributed by atoms with Crippen LogP contribution in [-0.4, -0.2) is 36.2 Å². The minimum Gasteiger partial charge on any atom is -0.508 e. The number of aromatic hydroxyl groups is 1. The van der Waals surface area contributed by atoms with E-state index in [0.29, 0.717) is 17.8 Å². The zero-order chi connectivity index (χ0) is 14.4.